The van der Waals surface area contributed by atoms with Gasteiger partial charge < -0.3 is 9.64 Å². The number of rotatable bonds is 15. The number of hydrogen-bond donors (Lipinski definition) is 1. The highest BCUT2D eigenvalue weighted by Gasteiger charge is 2.12. The second-order valence-electron chi connectivity index (χ2n) is 7.92. The molecule has 6 heteroatoms. The Labute approximate surface area is 208 Å². The number of carbonyl (C=O) groups is 1. The summed E-state index contributed by atoms with van der Waals surface area (Å²) in [5, 5.41) is 0. The molecule has 0 saturated carbocycles. The Morgan fingerprint density at radius 3 is 2.48 bits per heavy atom. The van der Waals surface area contributed by atoms with E-state index in [0.29, 0.717) is 19.1 Å². The third-order valence-electron chi connectivity index (χ3n) is 5.11. The van der Waals surface area contributed by atoms with Gasteiger partial charge in [-0.15, -0.1) is 11.8 Å². The normalized spacial score (nSPS) is 11.6. The molecule has 1 amide bonds. The van der Waals surface area contributed by atoms with Gasteiger partial charge in [-0.1, -0.05) is 49.1 Å². The summed E-state index contributed by atoms with van der Waals surface area (Å²) in [6.45, 7) is 10.4. The molecule has 0 aliphatic rings. The van der Waals surface area contributed by atoms with Crippen LogP contribution < -0.4 is 9.46 Å². The van der Waals surface area contributed by atoms with Crippen LogP contribution >= 0.6 is 23.7 Å². The second kappa shape index (κ2) is 15.6. The number of nitrogens with zero attached hydrogens (tertiary/aromatic N) is 1. The van der Waals surface area contributed by atoms with E-state index >= 15 is 0 Å². The maximum atomic E-state index is 12.2. The second-order valence-corrected chi connectivity index (χ2v) is 9.73. The van der Waals surface area contributed by atoms with Crippen LogP contribution in [0, 0.1) is 0 Å². The zero-order valence-electron chi connectivity index (χ0n) is 20.0. The van der Waals surface area contributed by atoms with Crippen molar-refractivity contribution in [1.29, 1.82) is 0 Å². The van der Waals surface area contributed by atoms with Crippen LogP contribution in [-0.2, 0) is 11.2 Å². The van der Waals surface area contributed by atoms with Gasteiger partial charge in [-0.05, 0) is 73.2 Å². The van der Waals surface area contributed by atoms with Crippen molar-refractivity contribution in [2.75, 3.05) is 26.0 Å². The Morgan fingerprint density at radius 1 is 1.12 bits per heavy atom. The van der Waals surface area contributed by atoms with E-state index < -0.39 is 0 Å². The lowest BCUT2D eigenvalue weighted by Gasteiger charge is -2.26. The molecule has 0 atom stereocenters. The van der Waals surface area contributed by atoms with Gasteiger partial charge >= 0.3 is 0 Å². The third-order valence-corrected chi connectivity index (χ3v) is 6.75. The van der Waals surface area contributed by atoms with Gasteiger partial charge in [0, 0.05) is 36.9 Å². The average Bonchev–Trinajstić information content (AvgIpc) is 2.83. The van der Waals surface area contributed by atoms with Gasteiger partial charge in [-0.25, -0.2) is 0 Å². The number of benzene rings is 2. The molecule has 33 heavy (non-hydrogen) atoms. The molecule has 4 nitrogen and oxygen atoms in total. The van der Waals surface area contributed by atoms with E-state index in [0.717, 1.165) is 36.6 Å². The van der Waals surface area contributed by atoms with Crippen molar-refractivity contribution in [3.63, 3.8) is 0 Å². The molecule has 2 rings (SSSR count). The Kier molecular flexibility index (Phi) is 12.8. The topological polar surface area (TPSA) is 41.6 Å². The van der Waals surface area contributed by atoms with Gasteiger partial charge in [-0.3, -0.25) is 9.52 Å². The summed E-state index contributed by atoms with van der Waals surface area (Å²) in [5.41, 5.74) is 1.26. The Hall–Kier alpha value is -2.15. The number of hydrogen-bond acceptors (Lipinski definition) is 5. The number of allylic oxidation sites excluding steroid dienone is 3. The summed E-state index contributed by atoms with van der Waals surface area (Å²) >= 11 is 3.12. The van der Waals surface area contributed by atoms with Crippen LogP contribution in [0.4, 0.5) is 0 Å². The van der Waals surface area contributed by atoms with Crippen LogP contribution in [0.15, 0.2) is 83.1 Å². The van der Waals surface area contributed by atoms with Crippen LogP contribution in [0.25, 0.3) is 0 Å². The molecule has 0 heterocycles. The zero-order chi connectivity index (χ0) is 23.9. The lowest BCUT2D eigenvalue weighted by molar-refractivity contribution is -0.119. The van der Waals surface area contributed by atoms with E-state index in [9.17, 15) is 4.79 Å². The minimum absolute atomic E-state index is 0.0541. The summed E-state index contributed by atoms with van der Waals surface area (Å²) in [7, 11) is 0. The van der Waals surface area contributed by atoms with Crippen molar-refractivity contribution in [2.24, 2.45) is 0 Å². The van der Waals surface area contributed by atoms with Gasteiger partial charge in [-0.2, -0.15) is 0 Å². The molecule has 0 fully saturated rings. The minimum Gasteiger partial charge on any atom is -0.494 e. The highest BCUT2D eigenvalue weighted by Crippen LogP contribution is 2.20. The lowest BCUT2D eigenvalue weighted by atomic mass is 10.1. The fraction of sp³-hybridized carbons (Fsp3) is 0.370. The molecule has 0 saturated heterocycles. The summed E-state index contributed by atoms with van der Waals surface area (Å²) in [6, 6.07) is 18.6. The van der Waals surface area contributed by atoms with Gasteiger partial charge in [0.05, 0.1) is 6.61 Å². The monoisotopic (exact) mass is 484 g/mol. The summed E-state index contributed by atoms with van der Waals surface area (Å²) < 4.78 is 8.86. The summed E-state index contributed by atoms with van der Waals surface area (Å²) in [6.07, 6.45) is 8.29. The number of nitrogens with one attached hydrogen (secondary N) is 1. The van der Waals surface area contributed by atoms with Crippen LogP contribution in [-0.4, -0.2) is 42.8 Å². The predicted octanol–water partition coefficient (Wildman–Crippen LogP) is 6.35. The van der Waals surface area contributed by atoms with E-state index in [-0.39, 0.29) is 5.91 Å². The quantitative estimate of drug-likeness (QED) is 0.181. The molecule has 0 aliphatic heterocycles. The first kappa shape index (κ1) is 27.1. The SMILES string of the molecule is C=C/C=C(/Cc1ccc(OCCCN(CCC(=O)NSc2ccccc2)C(C)C)cc1)SC. The Balaban J connectivity index is 1.68. The molecule has 2 aromatic carbocycles. The predicted molar refractivity (Wildman–Crippen MR) is 144 cm³/mol. The van der Waals surface area contributed by atoms with Gasteiger partial charge in [0.1, 0.15) is 5.75 Å². The van der Waals surface area contributed by atoms with E-state index in [1.165, 1.54) is 22.4 Å². The van der Waals surface area contributed by atoms with E-state index in [1.807, 2.05) is 48.5 Å². The van der Waals surface area contributed by atoms with Crippen molar-refractivity contribution >= 4 is 29.6 Å². The molecule has 0 aromatic heterocycles. The van der Waals surface area contributed by atoms with E-state index in [4.69, 9.17) is 4.74 Å². The minimum atomic E-state index is 0.0541. The van der Waals surface area contributed by atoms with Crippen LogP contribution in [0.3, 0.4) is 0 Å². The number of carbonyl (C=O) groups excluding carboxylic acids is 1. The van der Waals surface area contributed by atoms with Crippen molar-refractivity contribution in [3.8, 4) is 5.75 Å². The molecule has 0 bridgehead atoms. The number of ether oxygens (including phenoxy) is 1. The molecule has 0 aliphatic carbocycles. The maximum absolute atomic E-state index is 12.2. The first-order valence-corrected chi connectivity index (χ1v) is 13.4. The van der Waals surface area contributed by atoms with E-state index in [1.54, 1.807) is 11.8 Å². The summed E-state index contributed by atoms with van der Waals surface area (Å²) in [5.74, 6) is 0.948. The molecule has 178 valence electrons. The Morgan fingerprint density at radius 2 is 1.85 bits per heavy atom. The highest BCUT2D eigenvalue weighted by molar-refractivity contribution is 8.02. The van der Waals surface area contributed by atoms with Crippen molar-refractivity contribution in [2.45, 2.75) is 44.0 Å². The first-order chi connectivity index (χ1) is 16.0. The molecule has 2 aromatic rings. The first-order valence-electron chi connectivity index (χ1n) is 11.3. The molecule has 1 N–H and O–H groups in total. The van der Waals surface area contributed by atoms with Crippen molar-refractivity contribution in [1.82, 2.24) is 9.62 Å². The Bertz CT molecular complexity index is 867. The molecule has 0 radical (unpaired) electrons. The number of thioether (sulfide) groups is 1. The standard InChI is InChI=1S/C27H36N2O2S2/c1-5-10-26(32-4)21-23-13-15-24(16-14-23)31-20-9-18-29(22(2)3)19-17-27(30)28-33-25-11-7-6-8-12-25/h5-8,10-16,22H,1,9,17-21H2,2-4H3,(H,28,30)/b26-10-. The summed E-state index contributed by atoms with van der Waals surface area (Å²) in [4.78, 5) is 16.9. The highest BCUT2D eigenvalue weighted by atomic mass is 32.2. The third kappa shape index (κ3) is 11.0. The molecular formula is C27H36N2O2S2. The molecule has 0 spiro atoms. The van der Waals surface area contributed by atoms with Crippen LogP contribution in [0.5, 0.6) is 5.75 Å². The van der Waals surface area contributed by atoms with Crippen LogP contribution in [0.1, 0.15) is 32.3 Å². The van der Waals surface area contributed by atoms with Crippen molar-refractivity contribution < 1.29 is 9.53 Å². The zero-order valence-corrected chi connectivity index (χ0v) is 21.6. The maximum Gasteiger partial charge on any atom is 0.231 e. The van der Waals surface area contributed by atoms with Gasteiger partial charge in [0.2, 0.25) is 5.91 Å². The fourth-order valence-corrected chi connectivity index (χ4v) is 4.39. The van der Waals surface area contributed by atoms with Gasteiger partial charge in [0.15, 0.2) is 0 Å². The fourth-order valence-electron chi connectivity index (χ4n) is 3.22. The lowest BCUT2D eigenvalue weighted by Crippen LogP contribution is -2.35. The molecule has 0 unspecified atom stereocenters. The van der Waals surface area contributed by atoms with E-state index in [2.05, 4.69) is 54.5 Å². The van der Waals surface area contributed by atoms with Gasteiger partial charge in [0.25, 0.3) is 0 Å². The van der Waals surface area contributed by atoms with Crippen molar-refractivity contribution in [3.05, 3.63) is 83.8 Å². The average molecular weight is 485 g/mol. The molecular weight excluding hydrogens is 448 g/mol. The van der Waals surface area contributed by atoms with Crippen LogP contribution in [0.2, 0.25) is 0 Å². The number of amides is 1. The smallest absolute Gasteiger partial charge is 0.231 e. The largest absolute Gasteiger partial charge is 0.494 e.